The highest BCUT2D eigenvalue weighted by Crippen LogP contribution is 2.28. The minimum absolute atomic E-state index is 0.0795. The van der Waals surface area contributed by atoms with E-state index in [1.807, 2.05) is 36.4 Å². The molecular formula is C17H18N4. The molecule has 4 nitrogen and oxygen atoms in total. The van der Waals surface area contributed by atoms with Crippen LogP contribution in [0.4, 0.5) is 5.82 Å². The Labute approximate surface area is 124 Å². The number of benzene rings is 1. The van der Waals surface area contributed by atoms with Crippen molar-refractivity contribution in [3.05, 3.63) is 48.3 Å². The Kier molecular flexibility index (Phi) is 3.09. The van der Waals surface area contributed by atoms with Crippen molar-refractivity contribution >= 4 is 16.7 Å². The molecule has 0 aliphatic heterocycles. The van der Waals surface area contributed by atoms with Crippen molar-refractivity contribution in [2.45, 2.75) is 26.2 Å². The highest BCUT2D eigenvalue weighted by atomic mass is 15.0. The van der Waals surface area contributed by atoms with Crippen LogP contribution in [0.15, 0.2) is 42.6 Å². The van der Waals surface area contributed by atoms with Crippen LogP contribution in [0.25, 0.3) is 22.3 Å². The second-order valence-electron chi connectivity index (χ2n) is 6.13. The second kappa shape index (κ2) is 4.81. The number of fused-ring (bicyclic) bond motifs is 1. The zero-order chi connectivity index (χ0) is 15.0. The molecule has 2 heterocycles. The lowest BCUT2D eigenvalue weighted by atomic mass is 9.91. The Morgan fingerprint density at radius 1 is 1.00 bits per heavy atom. The van der Waals surface area contributed by atoms with Crippen molar-refractivity contribution in [2.24, 2.45) is 0 Å². The van der Waals surface area contributed by atoms with E-state index in [-0.39, 0.29) is 5.41 Å². The van der Waals surface area contributed by atoms with Gasteiger partial charge in [0, 0.05) is 28.6 Å². The van der Waals surface area contributed by atoms with E-state index < -0.39 is 0 Å². The van der Waals surface area contributed by atoms with Gasteiger partial charge in [0.1, 0.15) is 5.82 Å². The lowest BCUT2D eigenvalue weighted by Crippen LogP contribution is -2.15. The van der Waals surface area contributed by atoms with Crippen molar-refractivity contribution in [3.8, 4) is 11.4 Å². The standard InChI is InChI=1S/C17H18N4/c1-17(2,3)13-10-14(18)21-16(20-13)12-8-4-6-11-7-5-9-19-15(11)12/h4-10H,1-3H3,(H2,18,20,21). The summed E-state index contributed by atoms with van der Waals surface area (Å²) in [7, 11) is 0. The summed E-state index contributed by atoms with van der Waals surface area (Å²) in [6.07, 6.45) is 1.78. The summed E-state index contributed by atoms with van der Waals surface area (Å²) in [6, 6.07) is 11.8. The van der Waals surface area contributed by atoms with Crippen molar-refractivity contribution < 1.29 is 0 Å². The van der Waals surface area contributed by atoms with Gasteiger partial charge in [-0.05, 0) is 12.1 Å². The molecule has 0 atom stereocenters. The van der Waals surface area contributed by atoms with Crippen LogP contribution in [0.2, 0.25) is 0 Å². The number of nitrogens with two attached hydrogens (primary N) is 1. The average molecular weight is 278 g/mol. The minimum atomic E-state index is -0.0795. The number of pyridine rings is 1. The maximum atomic E-state index is 5.97. The van der Waals surface area contributed by atoms with Crippen LogP contribution in [0.5, 0.6) is 0 Å². The molecule has 0 saturated carbocycles. The summed E-state index contributed by atoms with van der Waals surface area (Å²) in [4.78, 5) is 13.5. The van der Waals surface area contributed by atoms with Gasteiger partial charge >= 0.3 is 0 Å². The van der Waals surface area contributed by atoms with Gasteiger partial charge in [0.15, 0.2) is 5.82 Å². The van der Waals surface area contributed by atoms with Crippen molar-refractivity contribution in [1.29, 1.82) is 0 Å². The van der Waals surface area contributed by atoms with Gasteiger partial charge in [0.05, 0.1) is 11.2 Å². The van der Waals surface area contributed by atoms with Crippen LogP contribution in [-0.2, 0) is 5.41 Å². The van der Waals surface area contributed by atoms with E-state index in [0.717, 1.165) is 22.2 Å². The molecule has 1 aromatic carbocycles. The molecule has 0 bridgehead atoms. The van der Waals surface area contributed by atoms with Gasteiger partial charge in [-0.1, -0.05) is 39.0 Å². The SMILES string of the molecule is CC(C)(C)c1cc(N)nc(-c2cccc3cccnc23)n1. The normalized spacial score (nSPS) is 11.8. The van der Waals surface area contributed by atoms with Gasteiger partial charge in [-0.2, -0.15) is 0 Å². The van der Waals surface area contributed by atoms with Gasteiger partial charge in [-0.25, -0.2) is 9.97 Å². The second-order valence-corrected chi connectivity index (χ2v) is 6.13. The summed E-state index contributed by atoms with van der Waals surface area (Å²) in [5.74, 6) is 1.11. The molecule has 0 saturated heterocycles. The number of aromatic nitrogens is 3. The number of hydrogen-bond donors (Lipinski definition) is 1. The first kappa shape index (κ1) is 13.5. The van der Waals surface area contributed by atoms with Crippen LogP contribution in [0, 0.1) is 0 Å². The van der Waals surface area contributed by atoms with E-state index in [9.17, 15) is 0 Å². The smallest absolute Gasteiger partial charge is 0.163 e. The first-order valence-electron chi connectivity index (χ1n) is 6.94. The third-order valence-electron chi connectivity index (χ3n) is 3.39. The van der Waals surface area contributed by atoms with E-state index in [2.05, 4.69) is 30.7 Å². The molecule has 4 heteroatoms. The molecule has 0 unspecified atom stereocenters. The van der Waals surface area contributed by atoms with Crippen molar-refractivity contribution in [1.82, 2.24) is 15.0 Å². The zero-order valence-electron chi connectivity index (χ0n) is 12.5. The topological polar surface area (TPSA) is 64.7 Å². The van der Waals surface area contributed by atoms with E-state index in [0.29, 0.717) is 11.6 Å². The van der Waals surface area contributed by atoms with Gasteiger partial charge in [-0.15, -0.1) is 0 Å². The Morgan fingerprint density at radius 2 is 1.76 bits per heavy atom. The van der Waals surface area contributed by atoms with Crippen LogP contribution in [-0.4, -0.2) is 15.0 Å². The molecule has 0 fully saturated rings. The third kappa shape index (κ3) is 2.57. The molecular weight excluding hydrogens is 260 g/mol. The Morgan fingerprint density at radius 3 is 2.52 bits per heavy atom. The fraction of sp³-hybridized carbons (Fsp3) is 0.235. The molecule has 0 amide bonds. The number of nitrogens with zero attached hydrogens (tertiary/aromatic N) is 3. The Hall–Kier alpha value is -2.49. The predicted molar refractivity (Wildman–Crippen MR) is 85.9 cm³/mol. The molecule has 0 aliphatic rings. The molecule has 2 aromatic heterocycles. The van der Waals surface area contributed by atoms with E-state index in [1.54, 1.807) is 6.20 Å². The third-order valence-corrected chi connectivity index (χ3v) is 3.39. The number of nitrogen functional groups attached to an aromatic ring is 1. The molecule has 0 aliphatic carbocycles. The fourth-order valence-corrected chi connectivity index (χ4v) is 2.26. The van der Waals surface area contributed by atoms with Crippen LogP contribution >= 0.6 is 0 Å². The molecule has 0 radical (unpaired) electrons. The van der Waals surface area contributed by atoms with Crippen LogP contribution < -0.4 is 5.73 Å². The quantitative estimate of drug-likeness (QED) is 0.739. The molecule has 0 spiro atoms. The fourth-order valence-electron chi connectivity index (χ4n) is 2.26. The molecule has 106 valence electrons. The van der Waals surface area contributed by atoms with Gasteiger partial charge in [0.2, 0.25) is 0 Å². The number of anilines is 1. The summed E-state index contributed by atoms with van der Waals surface area (Å²) in [5, 5.41) is 1.07. The number of para-hydroxylation sites is 1. The maximum absolute atomic E-state index is 5.97. The number of rotatable bonds is 1. The van der Waals surface area contributed by atoms with Crippen molar-refractivity contribution in [2.75, 3.05) is 5.73 Å². The zero-order valence-corrected chi connectivity index (χ0v) is 12.5. The molecule has 21 heavy (non-hydrogen) atoms. The summed E-state index contributed by atoms with van der Waals surface area (Å²) >= 11 is 0. The highest BCUT2D eigenvalue weighted by Gasteiger charge is 2.18. The lowest BCUT2D eigenvalue weighted by molar-refractivity contribution is 0.568. The lowest BCUT2D eigenvalue weighted by Gasteiger charge is -2.19. The largest absolute Gasteiger partial charge is 0.384 e. The van der Waals surface area contributed by atoms with Crippen molar-refractivity contribution in [3.63, 3.8) is 0 Å². The molecule has 3 rings (SSSR count). The van der Waals surface area contributed by atoms with Gasteiger partial charge in [0.25, 0.3) is 0 Å². The predicted octanol–water partition coefficient (Wildman–Crippen LogP) is 3.57. The first-order chi connectivity index (χ1) is 9.95. The van der Waals surface area contributed by atoms with E-state index >= 15 is 0 Å². The summed E-state index contributed by atoms with van der Waals surface area (Å²) in [6.45, 7) is 6.33. The van der Waals surface area contributed by atoms with Crippen LogP contribution in [0.3, 0.4) is 0 Å². The summed E-state index contributed by atoms with van der Waals surface area (Å²) < 4.78 is 0. The molecule has 2 N–H and O–H groups in total. The minimum Gasteiger partial charge on any atom is -0.384 e. The van der Waals surface area contributed by atoms with Gasteiger partial charge in [-0.3, -0.25) is 4.98 Å². The summed E-state index contributed by atoms with van der Waals surface area (Å²) in [5.41, 5.74) is 8.62. The van der Waals surface area contributed by atoms with E-state index in [1.165, 1.54) is 0 Å². The van der Waals surface area contributed by atoms with Gasteiger partial charge < -0.3 is 5.73 Å². The van der Waals surface area contributed by atoms with E-state index in [4.69, 9.17) is 10.7 Å². The first-order valence-corrected chi connectivity index (χ1v) is 6.94. The Balaban J connectivity index is 2.26. The Bertz CT molecular complexity index is 798. The molecule has 3 aromatic rings. The highest BCUT2D eigenvalue weighted by molar-refractivity contribution is 5.91. The maximum Gasteiger partial charge on any atom is 0.163 e. The van der Waals surface area contributed by atoms with Crippen LogP contribution in [0.1, 0.15) is 26.5 Å². The monoisotopic (exact) mass is 278 g/mol. The average Bonchev–Trinajstić information content (AvgIpc) is 2.45. The number of hydrogen-bond acceptors (Lipinski definition) is 4.